The van der Waals surface area contributed by atoms with Crippen molar-refractivity contribution in [1.29, 1.82) is 0 Å². The Labute approximate surface area is 101 Å². The average Bonchev–Trinajstić information content (AvgIpc) is 2.64. The number of aliphatic carboxylic acids is 1. The van der Waals surface area contributed by atoms with Gasteiger partial charge in [0.25, 0.3) is 10.2 Å². The molecule has 100 valence electrons. The third kappa shape index (κ3) is 2.59. The van der Waals surface area contributed by atoms with Crippen molar-refractivity contribution in [2.24, 2.45) is 5.73 Å². The summed E-state index contributed by atoms with van der Waals surface area (Å²) in [5.41, 5.74) is 4.19. The number of hydrogen-bond acceptors (Lipinski definition) is 4. The molecule has 1 rings (SSSR count). The Bertz CT molecular complexity index is 393. The molecule has 1 unspecified atom stereocenters. The maximum atomic E-state index is 12.1. The van der Waals surface area contributed by atoms with E-state index in [0.717, 1.165) is 4.31 Å². The van der Waals surface area contributed by atoms with Gasteiger partial charge in [0, 0.05) is 26.2 Å². The topological polar surface area (TPSA) is 104 Å². The third-order valence-corrected chi connectivity index (χ3v) is 5.18. The normalized spacial score (nSPS) is 26.6. The van der Waals surface area contributed by atoms with Crippen molar-refractivity contribution in [1.82, 2.24) is 8.61 Å². The monoisotopic (exact) mass is 265 g/mol. The lowest BCUT2D eigenvalue weighted by Gasteiger charge is -2.26. The van der Waals surface area contributed by atoms with Gasteiger partial charge in [0.2, 0.25) is 0 Å². The highest BCUT2D eigenvalue weighted by atomic mass is 32.2. The summed E-state index contributed by atoms with van der Waals surface area (Å²) in [6.45, 7) is 4.19. The quantitative estimate of drug-likeness (QED) is 0.667. The molecule has 0 aromatic heterocycles. The molecular weight excluding hydrogens is 246 g/mol. The highest BCUT2D eigenvalue weighted by Crippen LogP contribution is 2.23. The van der Waals surface area contributed by atoms with Crippen LogP contribution in [0, 0.1) is 0 Å². The fourth-order valence-corrected chi connectivity index (χ4v) is 3.58. The molecule has 0 saturated carbocycles. The van der Waals surface area contributed by atoms with Gasteiger partial charge < -0.3 is 10.8 Å². The van der Waals surface area contributed by atoms with E-state index >= 15 is 0 Å². The average molecular weight is 265 g/mol. The first kappa shape index (κ1) is 14.4. The number of hydrogen-bond donors (Lipinski definition) is 2. The van der Waals surface area contributed by atoms with Gasteiger partial charge >= 0.3 is 5.97 Å². The van der Waals surface area contributed by atoms with E-state index in [1.54, 1.807) is 13.8 Å². The number of carboxylic acids is 1. The van der Waals surface area contributed by atoms with Gasteiger partial charge in [-0.1, -0.05) is 13.8 Å². The van der Waals surface area contributed by atoms with Crippen molar-refractivity contribution >= 4 is 16.2 Å². The molecule has 1 fully saturated rings. The first-order valence-electron chi connectivity index (χ1n) is 5.55. The molecule has 0 bridgehead atoms. The molecule has 1 aliphatic heterocycles. The lowest BCUT2D eigenvalue weighted by atomic mass is 10.0. The van der Waals surface area contributed by atoms with Crippen molar-refractivity contribution in [3.8, 4) is 0 Å². The molecule has 0 aromatic carbocycles. The molecule has 0 radical (unpaired) electrons. The second-order valence-corrected chi connectivity index (χ2v) is 6.07. The van der Waals surface area contributed by atoms with Gasteiger partial charge in [0.05, 0.1) is 0 Å². The maximum Gasteiger partial charge on any atom is 0.325 e. The molecule has 8 heteroatoms. The minimum atomic E-state index is -3.58. The van der Waals surface area contributed by atoms with E-state index in [4.69, 9.17) is 10.8 Å². The van der Waals surface area contributed by atoms with Crippen LogP contribution < -0.4 is 5.73 Å². The Morgan fingerprint density at radius 1 is 1.47 bits per heavy atom. The van der Waals surface area contributed by atoms with E-state index < -0.39 is 21.7 Å². The Morgan fingerprint density at radius 2 is 2.00 bits per heavy atom. The Balaban J connectivity index is 2.88. The van der Waals surface area contributed by atoms with Crippen molar-refractivity contribution in [2.75, 3.05) is 26.2 Å². The molecule has 1 aliphatic rings. The summed E-state index contributed by atoms with van der Waals surface area (Å²) in [6.07, 6.45) is 0.142. The highest BCUT2D eigenvalue weighted by molar-refractivity contribution is 7.86. The summed E-state index contributed by atoms with van der Waals surface area (Å²) >= 11 is 0. The van der Waals surface area contributed by atoms with Crippen LogP contribution in [0.15, 0.2) is 0 Å². The molecule has 0 spiro atoms. The van der Waals surface area contributed by atoms with Crippen LogP contribution in [0.1, 0.15) is 20.3 Å². The second-order valence-electron chi connectivity index (χ2n) is 4.14. The predicted molar refractivity (Wildman–Crippen MR) is 62.6 cm³/mol. The van der Waals surface area contributed by atoms with Crippen LogP contribution in [0.2, 0.25) is 0 Å². The number of nitrogens with zero attached hydrogens (tertiary/aromatic N) is 2. The Morgan fingerprint density at radius 3 is 2.35 bits per heavy atom. The van der Waals surface area contributed by atoms with E-state index in [9.17, 15) is 13.2 Å². The van der Waals surface area contributed by atoms with E-state index in [2.05, 4.69) is 0 Å². The summed E-state index contributed by atoms with van der Waals surface area (Å²) in [4.78, 5) is 10.9. The zero-order valence-corrected chi connectivity index (χ0v) is 10.9. The second kappa shape index (κ2) is 4.89. The lowest BCUT2D eigenvalue weighted by molar-refractivity contribution is -0.142. The lowest BCUT2D eigenvalue weighted by Crippen LogP contribution is -2.52. The predicted octanol–water partition coefficient (Wildman–Crippen LogP) is -0.939. The fourth-order valence-electron chi connectivity index (χ4n) is 1.88. The molecule has 0 aromatic rings. The smallest absolute Gasteiger partial charge is 0.325 e. The van der Waals surface area contributed by atoms with Gasteiger partial charge in [-0.15, -0.1) is 0 Å². The summed E-state index contributed by atoms with van der Waals surface area (Å²) in [5, 5.41) is 8.95. The summed E-state index contributed by atoms with van der Waals surface area (Å²) in [6, 6.07) is 0. The standard InChI is InChI=1S/C9H19N3O4S/c1-3-11(4-2)17(15,16)12-6-5-9(10,7-12)8(13)14/h3-7,10H2,1-2H3,(H,13,14). The van der Waals surface area contributed by atoms with Crippen LogP contribution in [0.4, 0.5) is 0 Å². The molecular formula is C9H19N3O4S. The van der Waals surface area contributed by atoms with E-state index in [1.165, 1.54) is 4.31 Å². The van der Waals surface area contributed by atoms with Gasteiger partial charge in [0.1, 0.15) is 5.54 Å². The minimum absolute atomic E-state index is 0.142. The number of carboxylic acid groups (broad SMARTS) is 1. The molecule has 0 amide bonds. The third-order valence-electron chi connectivity index (χ3n) is 3.05. The molecule has 3 N–H and O–H groups in total. The highest BCUT2D eigenvalue weighted by Gasteiger charge is 2.46. The van der Waals surface area contributed by atoms with Crippen LogP contribution >= 0.6 is 0 Å². The Hall–Kier alpha value is -0.700. The van der Waals surface area contributed by atoms with E-state index in [0.29, 0.717) is 13.1 Å². The van der Waals surface area contributed by atoms with Crippen LogP contribution in [-0.4, -0.2) is 59.8 Å². The molecule has 1 saturated heterocycles. The van der Waals surface area contributed by atoms with E-state index in [-0.39, 0.29) is 19.5 Å². The molecule has 1 heterocycles. The first-order chi connectivity index (χ1) is 7.78. The zero-order valence-electron chi connectivity index (χ0n) is 10.1. The Kier molecular flexibility index (Phi) is 4.13. The summed E-state index contributed by atoms with van der Waals surface area (Å²) < 4.78 is 26.7. The van der Waals surface area contributed by atoms with Crippen LogP contribution in [0.3, 0.4) is 0 Å². The van der Waals surface area contributed by atoms with Gasteiger partial charge in [-0.2, -0.15) is 17.0 Å². The minimum Gasteiger partial charge on any atom is -0.480 e. The first-order valence-corrected chi connectivity index (χ1v) is 6.95. The van der Waals surface area contributed by atoms with Crippen LogP contribution in [0.5, 0.6) is 0 Å². The van der Waals surface area contributed by atoms with Gasteiger partial charge in [-0.25, -0.2) is 0 Å². The number of nitrogens with two attached hydrogens (primary N) is 1. The van der Waals surface area contributed by atoms with Gasteiger partial charge in [-0.3, -0.25) is 4.79 Å². The zero-order chi connectivity index (χ0) is 13.3. The van der Waals surface area contributed by atoms with Gasteiger partial charge in [0.15, 0.2) is 0 Å². The molecule has 0 aliphatic carbocycles. The van der Waals surface area contributed by atoms with Crippen LogP contribution in [0.25, 0.3) is 0 Å². The molecule has 7 nitrogen and oxygen atoms in total. The molecule has 1 atom stereocenters. The van der Waals surface area contributed by atoms with Crippen molar-refractivity contribution in [3.05, 3.63) is 0 Å². The molecule has 17 heavy (non-hydrogen) atoms. The van der Waals surface area contributed by atoms with Crippen molar-refractivity contribution in [2.45, 2.75) is 25.8 Å². The summed E-state index contributed by atoms with van der Waals surface area (Å²) in [5.74, 6) is -1.16. The van der Waals surface area contributed by atoms with Crippen LogP contribution in [-0.2, 0) is 15.0 Å². The van der Waals surface area contributed by atoms with E-state index in [1.807, 2.05) is 0 Å². The van der Waals surface area contributed by atoms with Gasteiger partial charge in [-0.05, 0) is 6.42 Å². The fraction of sp³-hybridized carbons (Fsp3) is 0.889. The van der Waals surface area contributed by atoms with Crippen molar-refractivity contribution in [3.63, 3.8) is 0 Å². The number of carbonyl (C=O) groups is 1. The largest absolute Gasteiger partial charge is 0.480 e. The summed E-state index contributed by atoms with van der Waals surface area (Å²) in [7, 11) is -3.58. The van der Waals surface area contributed by atoms with Crippen molar-refractivity contribution < 1.29 is 18.3 Å². The SMILES string of the molecule is CCN(CC)S(=O)(=O)N1CCC(N)(C(=O)O)C1. The maximum absolute atomic E-state index is 12.1. The number of rotatable bonds is 5.